The monoisotopic (exact) mass is 888 g/mol. The van der Waals surface area contributed by atoms with E-state index in [4.69, 9.17) is 14.5 Å². The molecule has 2 aromatic heterocycles. The number of rotatable bonds is 20. The average Bonchev–Trinajstić information content (AvgIpc) is 3.74. The third-order valence-electron chi connectivity index (χ3n) is 12.9. The van der Waals surface area contributed by atoms with E-state index in [2.05, 4.69) is 16.0 Å². The predicted molar refractivity (Wildman–Crippen MR) is 234 cm³/mol. The van der Waals surface area contributed by atoms with Crippen molar-refractivity contribution in [3.63, 3.8) is 0 Å². The number of imide groups is 1. The van der Waals surface area contributed by atoms with Gasteiger partial charge >= 0.3 is 5.97 Å². The molecule has 0 spiro atoms. The number of hydrogen-bond donors (Lipinski definition) is 4. The maximum atomic E-state index is 15.5. The molecule has 1 unspecified atom stereocenters. The first kappa shape index (κ1) is 47.9. The first-order chi connectivity index (χ1) is 30.4. The number of carbonyl (C=O) groups excluding carboxylic acids is 6. The lowest BCUT2D eigenvalue weighted by molar-refractivity contribution is -0.172. The Morgan fingerprint density at radius 2 is 1.75 bits per heavy atom. The van der Waals surface area contributed by atoms with Gasteiger partial charge in [-0.1, -0.05) is 41.0 Å². The molecule has 3 aromatic rings. The van der Waals surface area contributed by atoms with E-state index >= 15 is 4.39 Å². The van der Waals surface area contributed by atoms with E-state index in [1.807, 2.05) is 6.92 Å². The number of unbranched alkanes of at least 4 members (excludes halogenated alkanes) is 3. The molecule has 0 bridgehead atoms. The number of amides is 5. The van der Waals surface area contributed by atoms with Crippen LogP contribution in [-0.4, -0.2) is 87.0 Å². The molecule has 5 amide bonds. The summed E-state index contributed by atoms with van der Waals surface area (Å²) in [6.07, 6.45) is 4.54. The zero-order chi connectivity index (χ0) is 46.6. The summed E-state index contributed by atoms with van der Waals surface area (Å²) >= 11 is 0. The fourth-order valence-corrected chi connectivity index (χ4v) is 9.01. The van der Waals surface area contributed by atoms with Gasteiger partial charge in [-0.2, -0.15) is 0 Å². The van der Waals surface area contributed by atoms with Crippen LogP contribution in [0.25, 0.3) is 22.3 Å². The van der Waals surface area contributed by atoms with Crippen LogP contribution >= 0.6 is 0 Å². The van der Waals surface area contributed by atoms with Crippen molar-refractivity contribution in [1.82, 2.24) is 30.4 Å². The van der Waals surface area contributed by atoms with Crippen LogP contribution in [0.3, 0.4) is 0 Å². The van der Waals surface area contributed by atoms with Crippen molar-refractivity contribution >= 4 is 46.4 Å². The van der Waals surface area contributed by atoms with Crippen molar-refractivity contribution in [2.24, 2.45) is 11.8 Å². The molecular weight excluding hydrogens is 828 g/mol. The van der Waals surface area contributed by atoms with Gasteiger partial charge in [0.05, 0.1) is 29.0 Å². The van der Waals surface area contributed by atoms with Gasteiger partial charge in [-0.15, -0.1) is 0 Å². The highest BCUT2D eigenvalue weighted by Crippen LogP contribution is 2.42. The number of fused-ring (bicyclic) bond motifs is 5. The zero-order valence-electron chi connectivity index (χ0n) is 37.9. The molecule has 17 heteroatoms. The van der Waals surface area contributed by atoms with E-state index in [1.54, 1.807) is 45.3 Å². The summed E-state index contributed by atoms with van der Waals surface area (Å²) in [4.78, 5) is 95.3. The number of nitrogens with zero attached hydrogens (tertiary/aromatic N) is 3. The maximum Gasteiger partial charge on any atom is 0.343 e. The molecule has 346 valence electrons. The van der Waals surface area contributed by atoms with Crippen LogP contribution in [-0.2, 0) is 69.8 Å². The Hall–Kier alpha value is -5.55. The number of esters is 1. The van der Waals surface area contributed by atoms with Gasteiger partial charge in [0.1, 0.15) is 31.2 Å². The van der Waals surface area contributed by atoms with E-state index in [9.17, 15) is 38.7 Å². The molecule has 0 saturated carbocycles. The number of pyridine rings is 2. The molecule has 3 aliphatic rings. The van der Waals surface area contributed by atoms with Crippen molar-refractivity contribution in [3.05, 3.63) is 61.7 Å². The van der Waals surface area contributed by atoms with Crippen molar-refractivity contribution in [2.45, 2.75) is 144 Å². The van der Waals surface area contributed by atoms with Gasteiger partial charge < -0.3 is 35.1 Å². The molecule has 3 aliphatic heterocycles. The highest BCUT2D eigenvalue weighted by molar-refractivity contribution is 6.03. The Morgan fingerprint density at radius 1 is 1.00 bits per heavy atom. The minimum Gasteiger partial charge on any atom is -0.458 e. The Morgan fingerprint density at radius 3 is 2.42 bits per heavy atom. The number of nitrogens with one attached hydrogen (secondary N) is 3. The van der Waals surface area contributed by atoms with Crippen molar-refractivity contribution in [1.29, 1.82) is 0 Å². The molecule has 4 N–H and O–H groups in total. The van der Waals surface area contributed by atoms with Gasteiger partial charge in [0.15, 0.2) is 5.60 Å². The summed E-state index contributed by atoms with van der Waals surface area (Å²) in [7, 11) is 0. The van der Waals surface area contributed by atoms with Crippen LogP contribution in [0.4, 0.5) is 4.39 Å². The maximum absolute atomic E-state index is 15.5. The summed E-state index contributed by atoms with van der Waals surface area (Å²) in [5.41, 5.74) is 2.70. The second-order valence-electron chi connectivity index (χ2n) is 17.6. The number of hydrogen-bond acceptors (Lipinski definition) is 11. The van der Waals surface area contributed by atoms with E-state index in [0.29, 0.717) is 80.6 Å². The topological polar surface area (TPSA) is 215 Å². The number of aryl methyl sites for hydroxylation is 2. The van der Waals surface area contributed by atoms with Crippen molar-refractivity contribution in [3.8, 4) is 11.4 Å². The van der Waals surface area contributed by atoms with Crippen molar-refractivity contribution < 1.29 is 47.7 Å². The van der Waals surface area contributed by atoms with Crippen molar-refractivity contribution in [2.75, 3.05) is 19.9 Å². The number of ether oxygens (including phenoxy) is 2. The fraction of sp³-hybridized carbons (Fsp3) is 0.574. The Kier molecular flexibility index (Phi) is 15.0. The molecule has 16 nitrogen and oxygen atoms in total. The molecule has 1 saturated heterocycles. The van der Waals surface area contributed by atoms with Crippen LogP contribution in [0.15, 0.2) is 16.9 Å². The summed E-state index contributed by atoms with van der Waals surface area (Å²) < 4.78 is 28.0. The molecule has 4 atom stereocenters. The molecule has 5 heterocycles. The molecular formula is C47H61FN6O10. The highest BCUT2D eigenvalue weighted by atomic mass is 19.1. The fourth-order valence-electron chi connectivity index (χ4n) is 9.01. The summed E-state index contributed by atoms with van der Waals surface area (Å²) in [6, 6.07) is 1.30. The van der Waals surface area contributed by atoms with E-state index in [0.717, 1.165) is 22.1 Å². The second kappa shape index (κ2) is 20.1. The van der Waals surface area contributed by atoms with Gasteiger partial charge in [-0.25, -0.2) is 14.2 Å². The van der Waals surface area contributed by atoms with Crippen LogP contribution in [0.2, 0.25) is 0 Å². The molecule has 6 rings (SSSR count). The van der Waals surface area contributed by atoms with Crippen LogP contribution < -0.4 is 21.5 Å². The lowest BCUT2D eigenvalue weighted by Gasteiger charge is -2.31. The van der Waals surface area contributed by atoms with Crippen LogP contribution in [0.5, 0.6) is 0 Å². The second-order valence-corrected chi connectivity index (χ2v) is 17.6. The first-order valence-corrected chi connectivity index (χ1v) is 22.5. The molecule has 0 aliphatic carbocycles. The Bertz CT molecular complexity index is 2420. The first-order valence-electron chi connectivity index (χ1n) is 22.5. The number of aliphatic hydroxyl groups is 1. The Labute approximate surface area is 372 Å². The summed E-state index contributed by atoms with van der Waals surface area (Å²) in [5, 5.41) is 20.2. The number of benzene rings is 1. The number of carbonyl (C=O) groups is 6. The zero-order valence-corrected chi connectivity index (χ0v) is 37.9. The molecule has 1 fully saturated rings. The molecule has 0 radical (unpaired) electrons. The van der Waals surface area contributed by atoms with E-state index < -0.39 is 41.3 Å². The Balaban J connectivity index is 0.978. The minimum absolute atomic E-state index is 0.0239. The van der Waals surface area contributed by atoms with Gasteiger partial charge in [0, 0.05) is 54.5 Å². The van der Waals surface area contributed by atoms with Gasteiger partial charge in [-0.3, -0.25) is 33.7 Å². The number of aromatic nitrogens is 2. The SMILES string of the molecule is CCc1c2c(nc3cc(F)c(C)c(CCCCOCNC(=O)[C@H](C)NC(=O)[C@@H](NC(=O)CCCCCN4C(=O)CC(C)C4=O)C(C)C)c13)-c1cc3c(c(=O)n1C2)COC(=O)[C@]3(O)CC. The van der Waals surface area contributed by atoms with Gasteiger partial charge in [0.25, 0.3) is 5.56 Å². The third-order valence-corrected chi connectivity index (χ3v) is 12.9. The number of cyclic esters (lactones) is 1. The van der Waals surface area contributed by atoms with Gasteiger partial charge in [0.2, 0.25) is 29.5 Å². The summed E-state index contributed by atoms with van der Waals surface area (Å²) in [5.74, 6) is -3.33. The average molecular weight is 889 g/mol. The van der Waals surface area contributed by atoms with E-state index in [-0.39, 0.29) is 85.4 Å². The predicted octanol–water partition coefficient (Wildman–Crippen LogP) is 4.10. The minimum atomic E-state index is -1.96. The molecule has 1 aromatic carbocycles. The quantitative estimate of drug-likeness (QED) is 0.0429. The van der Waals surface area contributed by atoms with Gasteiger partial charge in [-0.05, 0) is 87.5 Å². The lowest BCUT2D eigenvalue weighted by Crippen LogP contribution is -2.54. The van der Waals surface area contributed by atoms with Crippen LogP contribution in [0, 0.1) is 24.6 Å². The number of halogens is 1. The largest absolute Gasteiger partial charge is 0.458 e. The van der Waals surface area contributed by atoms with E-state index in [1.165, 1.54) is 17.9 Å². The van der Waals surface area contributed by atoms with Crippen LogP contribution in [0.1, 0.15) is 126 Å². The summed E-state index contributed by atoms with van der Waals surface area (Å²) in [6.45, 7) is 12.8. The normalized spacial score (nSPS) is 18.8. The molecule has 64 heavy (non-hydrogen) atoms. The third kappa shape index (κ3) is 9.60. The smallest absolute Gasteiger partial charge is 0.343 e. The highest BCUT2D eigenvalue weighted by Gasteiger charge is 2.45. The number of likely N-dealkylation sites (tertiary alicyclic amines) is 1. The standard InChI is InChI=1S/C47H61FN6O10/c1-8-29-31-22-54-36(20-33-32(45(54)60)23-64-46(61)47(33,62)9-2)41(31)51-35-21-34(48)27(6)30(39(29)35)15-12-14-18-63-24-49-42(57)28(7)50-43(58)40(25(3)4)52-37(55)16-11-10-13-17-53-38(56)19-26(5)44(53)59/h20-21,25-26,28,40,62H,8-19,22-24H2,1-7H3,(H,49,57)(H,50,58)(H,52,55)/t26?,28-,40-,47-/m0/s1. The lowest BCUT2D eigenvalue weighted by atomic mass is 9.86.